The molecule has 1 saturated heterocycles. The van der Waals surface area contributed by atoms with Crippen molar-refractivity contribution in [3.63, 3.8) is 0 Å². The summed E-state index contributed by atoms with van der Waals surface area (Å²) in [5.74, 6) is -1.12. The number of anilines is 1. The van der Waals surface area contributed by atoms with Crippen LogP contribution in [-0.2, 0) is 4.79 Å². The van der Waals surface area contributed by atoms with Gasteiger partial charge in [-0.05, 0) is 48.9 Å². The first kappa shape index (κ1) is 19.0. The molecule has 2 aromatic carbocycles. The van der Waals surface area contributed by atoms with Gasteiger partial charge < -0.3 is 15.0 Å². The SMILES string of the molecule is O=C(O)/C(=C\c1cc([N+](=O)[O-])ccc1N1CCCC1)Sc1nc2ccccc2[nH]1. The third-order valence-corrected chi connectivity index (χ3v) is 5.64. The van der Waals surface area contributed by atoms with Crippen LogP contribution in [0.15, 0.2) is 52.5 Å². The maximum absolute atomic E-state index is 11.9. The summed E-state index contributed by atoms with van der Waals surface area (Å²) in [6.45, 7) is 1.69. The van der Waals surface area contributed by atoms with Crippen LogP contribution in [0.5, 0.6) is 0 Å². The molecule has 0 unspecified atom stereocenters. The number of fused-ring (bicyclic) bond motifs is 1. The lowest BCUT2D eigenvalue weighted by molar-refractivity contribution is -0.384. The van der Waals surface area contributed by atoms with Gasteiger partial charge in [-0.3, -0.25) is 10.1 Å². The molecule has 3 aromatic rings. The zero-order chi connectivity index (χ0) is 20.4. The van der Waals surface area contributed by atoms with E-state index in [1.807, 2.05) is 24.3 Å². The van der Waals surface area contributed by atoms with Crippen LogP contribution in [-0.4, -0.2) is 39.1 Å². The number of nitro benzene ring substituents is 1. The Balaban J connectivity index is 1.74. The zero-order valence-electron chi connectivity index (χ0n) is 15.4. The molecule has 0 bridgehead atoms. The van der Waals surface area contributed by atoms with E-state index in [0.29, 0.717) is 10.7 Å². The highest BCUT2D eigenvalue weighted by atomic mass is 32.2. The number of hydrogen-bond acceptors (Lipinski definition) is 6. The average Bonchev–Trinajstić information content (AvgIpc) is 3.36. The van der Waals surface area contributed by atoms with Crippen LogP contribution in [0.3, 0.4) is 0 Å². The molecule has 9 heteroatoms. The molecule has 0 radical (unpaired) electrons. The first-order chi connectivity index (χ1) is 14.0. The van der Waals surface area contributed by atoms with E-state index < -0.39 is 10.9 Å². The van der Waals surface area contributed by atoms with Gasteiger partial charge in [0.1, 0.15) is 4.91 Å². The third kappa shape index (κ3) is 4.09. The van der Waals surface area contributed by atoms with Gasteiger partial charge in [-0.15, -0.1) is 0 Å². The molecule has 0 spiro atoms. The first-order valence-corrected chi connectivity index (χ1v) is 9.94. The molecule has 8 nitrogen and oxygen atoms in total. The molecule has 1 aromatic heterocycles. The van der Waals surface area contributed by atoms with E-state index in [9.17, 15) is 20.0 Å². The van der Waals surface area contributed by atoms with Crippen molar-refractivity contribution in [2.75, 3.05) is 18.0 Å². The van der Waals surface area contributed by atoms with E-state index in [1.54, 1.807) is 6.07 Å². The number of carbonyl (C=O) groups is 1. The second-order valence-corrected chi connectivity index (χ2v) is 7.70. The Morgan fingerprint density at radius 3 is 2.69 bits per heavy atom. The van der Waals surface area contributed by atoms with Gasteiger partial charge in [0.25, 0.3) is 5.69 Å². The van der Waals surface area contributed by atoms with Crippen molar-refractivity contribution >= 4 is 46.2 Å². The predicted molar refractivity (Wildman–Crippen MR) is 112 cm³/mol. The molecule has 1 aliphatic heterocycles. The number of para-hydroxylation sites is 2. The van der Waals surface area contributed by atoms with Gasteiger partial charge in [0, 0.05) is 36.5 Å². The summed E-state index contributed by atoms with van der Waals surface area (Å²) in [6.07, 6.45) is 3.57. The van der Waals surface area contributed by atoms with Crippen LogP contribution in [0.2, 0.25) is 0 Å². The molecule has 1 fully saturated rings. The van der Waals surface area contributed by atoms with E-state index in [2.05, 4.69) is 14.9 Å². The van der Waals surface area contributed by atoms with Crippen LogP contribution in [0, 0.1) is 10.1 Å². The predicted octanol–water partition coefficient (Wildman–Crippen LogP) is 4.29. The second-order valence-electron chi connectivity index (χ2n) is 6.67. The average molecular weight is 410 g/mol. The largest absolute Gasteiger partial charge is 0.477 e. The summed E-state index contributed by atoms with van der Waals surface area (Å²) in [4.78, 5) is 32.3. The van der Waals surface area contributed by atoms with E-state index in [0.717, 1.165) is 54.4 Å². The summed E-state index contributed by atoms with van der Waals surface area (Å²) in [7, 11) is 0. The monoisotopic (exact) mass is 410 g/mol. The Hall–Kier alpha value is -3.33. The van der Waals surface area contributed by atoms with Crippen LogP contribution in [0.1, 0.15) is 18.4 Å². The number of nitrogens with zero attached hydrogens (tertiary/aromatic N) is 3. The number of carboxylic acid groups (broad SMARTS) is 1. The number of aliphatic carboxylic acids is 1. The lowest BCUT2D eigenvalue weighted by atomic mass is 10.1. The highest BCUT2D eigenvalue weighted by Crippen LogP contribution is 2.34. The number of aromatic amines is 1. The molecule has 1 aliphatic rings. The Bertz CT molecular complexity index is 1090. The molecule has 148 valence electrons. The third-order valence-electron chi connectivity index (χ3n) is 4.74. The normalized spacial score (nSPS) is 14.5. The number of nitrogens with one attached hydrogen (secondary N) is 1. The minimum Gasteiger partial charge on any atom is -0.477 e. The topological polar surface area (TPSA) is 112 Å². The second kappa shape index (κ2) is 7.96. The number of H-pyrrole nitrogens is 1. The minimum atomic E-state index is -1.12. The fourth-order valence-electron chi connectivity index (χ4n) is 3.38. The van der Waals surface area contributed by atoms with Crippen molar-refractivity contribution in [1.82, 2.24) is 9.97 Å². The lowest BCUT2D eigenvalue weighted by Crippen LogP contribution is -2.18. The number of hydrogen-bond donors (Lipinski definition) is 2. The number of nitro groups is 1. The summed E-state index contributed by atoms with van der Waals surface area (Å²) < 4.78 is 0. The summed E-state index contributed by atoms with van der Waals surface area (Å²) in [5, 5.41) is 21.4. The van der Waals surface area contributed by atoms with E-state index in [-0.39, 0.29) is 10.6 Å². The van der Waals surface area contributed by atoms with Crippen molar-refractivity contribution in [2.24, 2.45) is 0 Å². The van der Waals surface area contributed by atoms with Crippen LogP contribution in [0.25, 0.3) is 17.1 Å². The molecular weight excluding hydrogens is 392 g/mol. The molecule has 0 amide bonds. The zero-order valence-corrected chi connectivity index (χ0v) is 16.2. The van der Waals surface area contributed by atoms with Crippen LogP contribution < -0.4 is 4.90 Å². The Kier molecular flexibility index (Phi) is 5.22. The van der Waals surface area contributed by atoms with Gasteiger partial charge >= 0.3 is 5.97 Å². The Morgan fingerprint density at radius 1 is 1.24 bits per heavy atom. The minimum absolute atomic E-state index is 0.0324. The maximum Gasteiger partial charge on any atom is 0.342 e. The maximum atomic E-state index is 11.9. The summed E-state index contributed by atoms with van der Waals surface area (Å²) in [5.41, 5.74) is 2.80. The fraction of sp³-hybridized carbons (Fsp3) is 0.200. The van der Waals surface area contributed by atoms with Crippen molar-refractivity contribution in [3.05, 3.63) is 63.0 Å². The van der Waals surface area contributed by atoms with Crippen molar-refractivity contribution in [2.45, 2.75) is 18.0 Å². The van der Waals surface area contributed by atoms with Crippen LogP contribution >= 0.6 is 11.8 Å². The highest BCUT2D eigenvalue weighted by molar-refractivity contribution is 8.04. The van der Waals surface area contributed by atoms with E-state index in [1.165, 1.54) is 18.2 Å². The lowest BCUT2D eigenvalue weighted by Gasteiger charge is -2.20. The van der Waals surface area contributed by atoms with Gasteiger partial charge in [0.2, 0.25) is 0 Å². The van der Waals surface area contributed by atoms with Gasteiger partial charge in [0.05, 0.1) is 16.0 Å². The number of thioether (sulfide) groups is 1. The van der Waals surface area contributed by atoms with E-state index in [4.69, 9.17) is 0 Å². The smallest absolute Gasteiger partial charge is 0.342 e. The van der Waals surface area contributed by atoms with Crippen LogP contribution in [0.4, 0.5) is 11.4 Å². The standard InChI is InChI=1S/C20H18N4O4S/c25-19(26)18(29-20-21-15-5-1-2-6-16(15)22-20)12-13-11-14(24(27)28)7-8-17(13)23-9-3-4-10-23/h1-2,5-8,11-12H,3-4,9-10H2,(H,21,22)(H,25,26)/b18-12+. The Morgan fingerprint density at radius 2 is 2.00 bits per heavy atom. The molecule has 0 atom stereocenters. The van der Waals surface area contributed by atoms with E-state index >= 15 is 0 Å². The molecule has 0 aliphatic carbocycles. The molecule has 4 rings (SSSR count). The summed E-state index contributed by atoms with van der Waals surface area (Å²) >= 11 is 0.989. The number of benzene rings is 2. The molecule has 29 heavy (non-hydrogen) atoms. The Labute approximate surface area is 170 Å². The highest BCUT2D eigenvalue weighted by Gasteiger charge is 2.20. The number of carboxylic acids is 1. The molecular formula is C20H18N4O4S. The van der Waals surface area contributed by atoms with Crippen molar-refractivity contribution < 1.29 is 14.8 Å². The van der Waals surface area contributed by atoms with Crippen molar-refractivity contribution in [3.8, 4) is 0 Å². The summed E-state index contributed by atoms with van der Waals surface area (Å²) in [6, 6.07) is 12.0. The number of imidazole rings is 1. The van der Waals surface area contributed by atoms with Gasteiger partial charge in [-0.25, -0.2) is 9.78 Å². The molecule has 0 saturated carbocycles. The molecule has 2 heterocycles. The van der Waals surface area contributed by atoms with Gasteiger partial charge in [-0.2, -0.15) is 0 Å². The molecule has 2 N–H and O–H groups in total. The quantitative estimate of drug-likeness (QED) is 0.270. The number of aromatic nitrogens is 2. The number of rotatable bonds is 6. The fourth-order valence-corrected chi connectivity index (χ4v) is 4.16. The van der Waals surface area contributed by atoms with Crippen molar-refractivity contribution in [1.29, 1.82) is 0 Å². The van der Waals surface area contributed by atoms with Gasteiger partial charge in [-0.1, -0.05) is 12.1 Å². The first-order valence-electron chi connectivity index (χ1n) is 9.12. The van der Waals surface area contributed by atoms with Gasteiger partial charge in [0.15, 0.2) is 5.16 Å². The number of non-ortho nitro benzene ring substituents is 1.